The summed E-state index contributed by atoms with van der Waals surface area (Å²) < 4.78 is 11.2. The molecule has 0 radical (unpaired) electrons. The summed E-state index contributed by atoms with van der Waals surface area (Å²) in [7, 11) is 0. The van der Waals surface area contributed by atoms with Gasteiger partial charge in [0.15, 0.2) is 6.61 Å². The molecule has 5 rings (SSSR count). The first kappa shape index (κ1) is 17.8. The average molecular weight is 422 g/mol. The molecule has 1 amide bonds. The van der Waals surface area contributed by atoms with Crippen molar-refractivity contribution in [1.29, 1.82) is 0 Å². The second-order valence-electron chi connectivity index (χ2n) is 8.37. The maximum atomic E-state index is 13.0. The van der Waals surface area contributed by atoms with E-state index in [1.165, 1.54) is 19.3 Å². The van der Waals surface area contributed by atoms with Crippen molar-refractivity contribution in [2.75, 3.05) is 6.61 Å². The van der Waals surface area contributed by atoms with Crippen LogP contribution in [0.1, 0.15) is 44.1 Å². The molecule has 140 valence electrons. The standard InChI is InChI=1S/C20H24BrNO4/c21-20-8-14-4-15(9-20)7-19(6-14,12-20)18(24)26-10-13-2-1-3-16(5-13)25-11-17(22)23/h1-3,5,14-15H,4,6-12H2,(H2,22,23). The van der Waals surface area contributed by atoms with E-state index in [1.54, 1.807) is 12.1 Å². The Labute approximate surface area is 161 Å². The highest BCUT2D eigenvalue weighted by atomic mass is 79.9. The van der Waals surface area contributed by atoms with Crippen LogP contribution < -0.4 is 10.5 Å². The Morgan fingerprint density at radius 3 is 2.58 bits per heavy atom. The number of carbonyl (C=O) groups is 2. The summed E-state index contributed by atoms with van der Waals surface area (Å²) >= 11 is 3.93. The van der Waals surface area contributed by atoms with Crippen LogP contribution >= 0.6 is 15.9 Å². The zero-order valence-corrected chi connectivity index (χ0v) is 16.3. The van der Waals surface area contributed by atoms with Gasteiger partial charge in [-0.25, -0.2) is 0 Å². The summed E-state index contributed by atoms with van der Waals surface area (Å²) in [5.41, 5.74) is 5.63. The number of hydrogen-bond acceptors (Lipinski definition) is 4. The fourth-order valence-electron chi connectivity index (χ4n) is 5.57. The van der Waals surface area contributed by atoms with Crippen molar-refractivity contribution in [2.24, 2.45) is 23.0 Å². The van der Waals surface area contributed by atoms with Gasteiger partial charge < -0.3 is 15.2 Å². The van der Waals surface area contributed by atoms with Crippen molar-refractivity contribution >= 4 is 27.8 Å². The summed E-state index contributed by atoms with van der Waals surface area (Å²) in [4.78, 5) is 23.8. The Kier molecular flexibility index (Phi) is 4.49. The zero-order valence-electron chi connectivity index (χ0n) is 14.7. The molecule has 6 heteroatoms. The van der Waals surface area contributed by atoms with Gasteiger partial charge in [-0.15, -0.1) is 0 Å². The first-order chi connectivity index (χ1) is 12.4. The van der Waals surface area contributed by atoms with E-state index in [-0.39, 0.29) is 28.9 Å². The average Bonchev–Trinajstić information content (AvgIpc) is 2.56. The van der Waals surface area contributed by atoms with Gasteiger partial charge in [0.2, 0.25) is 0 Å². The summed E-state index contributed by atoms with van der Waals surface area (Å²) in [6.07, 6.45) is 6.49. The smallest absolute Gasteiger partial charge is 0.312 e. The van der Waals surface area contributed by atoms with Crippen molar-refractivity contribution in [3.8, 4) is 5.75 Å². The number of nitrogens with two attached hydrogens (primary N) is 1. The monoisotopic (exact) mass is 421 g/mol. The van der Waals surface area contributed by atoms with E-state index in [4.69, 9.17) is 15.2 Å². The second kappa shape index (κ2) is 6.55. The molecule has 0 heterocycles. The molecule has 0 aromatic heterocycles. The summed E-state index contributed by atoms with van der Waals surface area (Å²) in [5, 5.41) is 0. The quantitative estimate of drug-likeness (QED) is 0.564. The molecule has 0 spiro atoms. The van der Waals surface area contributed by atoms with Crippen LogP contribution in [0.25, 0.3) is 0 Å². The fourth-order valence-corrected chi connectivity index (χ4v) is 7.02. The van der Waals surface area contributed by atoms with Crippen LogP contribution in [0.2, 0.25) is 0 Å². The van der Waals surface area contributed by atoms with Gasteiger partial charge in [0.05, 0.1) is 5.41 Å². The van der Waals surface area contributed by atoms with Crippen LogP contribution in [0, 0.1) is 17.3 Å². The van der Waals surface area contributed by atoms with Gasteiger partial charge in [0.25, 0.3) is 5.91 Å². The molecule has 4 bridgehead atoms. The Hall–Kier alpha value is -1.56. The van der Waals surface area contributed by atoms with Crippen molar-refractivity contribution < 1.29 is 19.1 Å². The molecule has 0 saturated heterocycles. The molecule has 2 N–H and O–H groups in total. The lowest BCUT2D eigenvalue weighted by Gasteiger charge is -2.58. The number of benzene rings is 1. The third-order valence-corrected chi connectivity index (χ3v) is 7.00. The molecule has 0 aliphatic heterocycles. The molecule has 5 nitrogen and oxygen atoms in total. The van der Waals surface area contributed by atoms with Crippen molar-refractivity contribution in [2.45, 2.75) is 49.5 Å². The third-order valence-electron chi connectivity index (χ3n) is 6.07. The lowest BCUT2D eigenvalue weighted by molar-refractivity contribution is -0.170. The highest BCUT2D eigenvalue weighted by molar-refractivity contribution is 9.10. The molecule has 4 aliphatic carbocycles. The maximum absolute atomic E-state index is 13.0. The van der Waals surface area contributed by atoms with Crippen LogP contribution in [0.15, 0.2) is 24.3 Å². The van der Waals surface area contributed by atoms with Gasteiger partial charge in [0, 0.05) is 4.32 Å². The maximum Gasteiger partial charge on any atom is 0.312 e. The predicted molar refractivity (Wildman–Crippen MR) is 99.7 cm³/mol. The first-order valence-corrected chi connectivity index (χ1v) is 10.0. The lowest BCUT2D eigenvalue weighted by Crippen LogP contribution is -2.56. The van der Waals surface area contributed by atoms with Crippen molar-refractivity contribution in [3.63, 3.8) is 0 Å². The number of esters is 1. The Bertz CT molecular complexity index is 720. The molecule has 26 heavy (non-hydrogen) atoms. The lowest BCUT2D eigenvalue weighted by atomic mass is 9.49. The molecular formula is C20H24BrNO4. The molecule has 4 fully saturated rings. The topological polar surface area (TPSA) is 78.6 Å². The number of rotatable bonds is 6. The minimum Gasteiger partial charge on any atom is -0.484 e. The van der Waals surface area contributed by atoms with Gasteiger partial charge in [-0.3, -0.25) is 9.59 Å². The number of alkyl halides is 1. The number of amides is 1. The van der Waals surface area contributed by atoms with Gasteiger partial charge in [0.1, 0.15) is 12.4 Å². The number of carbonyl (C=O) groups excluding carboxylic acids is 2. The zero-order chi connectivity index (χ0) is 18.4. The SMILES string of the molecule is NC(=O)COc1cccc(COC(=O)C23CC4CC(CC(Br)(C4)C2)C3)c1. The van der Waals surface area contributed by atoms with Crippen LogP contribution in [0.5, 0.6) is 5.75 Å². The number of hydrogen-bond donors (Lipinski definition) is 1. The van der Waals surface area contributed by atoms with E-state index in [1.807, 2.05) is 12.1 Å². The summed E-state index contributed by atoms with van der Waals surface area (Å²) in [6.45, 7) is 0.0570. The van der Waals surface area contributed by atoms with E-state index >= 15 is 0 Å². The largest absolute Gasteiger partial charge is 0.484 e. The molecule has 2 atom stereocenters. The van der Waals surface area contributed by atoms with Crippen molar-refractivity contribution in [3.05, 3.63) is 29.8 Å². The molecule has 4 saturated carbocycles. The second-order valence-corrected chi connectivity index (χ2v) is 10.1. The molecule has 2 unspecified atom stereocenters. The first-order valence-electron chi connectivity index (χ1n) is 9.22. The Morgan fingerprint density at radius 1 is 1.19 bits per heavy atom. The van der Waals surface area contributed by atoms with E-state index < -0.39 is 5.91 Å². The third kappa shape index (κ3) is 3.48. The van der Waals surface area contributed by atoms with Gasteiger partial charge in [-0.2, -0.15) is 0 Å². The molecular weight excluding hydrogens is 398 g/mol. The van der Waals surface area contributed by atoms with E-state index in [9.17, 15) is 9.59 Å². The van der Waals surface area contributed by atoms with E-state index in [0.29, 0.717) is 17.6 Å². The number of ether oxygens (including phenoxy) is 2. The fraction of sp³-hybridized carbons (Fsp3) is 0.600. The normalized spacial score (nSPS) is 34.5. The van der Waals surface area contributed by atoms with Crippen LogP contribution in [0.3, 0.4) is 0 Å². The summed E-state index contributed by atoms with van der Waals surface area (Å²) in [6, 6.07) is 7.23. The molecule has 1 aromatic carbocycles. The Morgan fingerprint density at radius 2 is 1.92 bits per heavy atom. The molecule has 1 aromatic rings. The minimum absolute atomic E-state index is 0.0566. The Balaban J connectivity index is 1.40. The van der Waals surface area contributed by atoms with Gasteiger partial charge in [-0.1, -0.05) is 28.1 Å². The van der Waals surface area contributed by atoms with Gasteiger partial charge in [-0.05, 0) is 68.1 Å². The molecule has 4 aliphatic rings. The van der Waals surface area contributed by atoms with Crippen LogP contribution in [0.4, 0.5) is 0 Å². The van der Waals surface area contributed by atoms with Gasteiger partial charge >= 0.3 is 5.97 Å². The minimum atomic E-state index is -0.521. The van der Waals surface area contributed by atoms with E-state index in [0.717, 1.165) is 24.8 Å². The highest BCUT2D eigenvalue weighted by Crippen LogP contribution is 2.64. The predicted octanol–water partition coefficient (Wildman–Crippen LogP) is 3.33. The number of primary amides is 1. The van der Waals surface area contributed by atoms with Crippen LogP contribution in [-0.4, -0.2) is 22.8 Å². The highest BCUT2D eigenvalue weighted by Gasteiger charge is 2.60. The van der Waals surface area contributed by atoms with Crippen LogP contribution in [-0.2, 0) is 20.9 Å². The van der Waals surface area contributed by atoms with Crippen molar-refractivity contribution in [1.82, 2.24) is 0 Å². The number of halogens is 1. The van der Waals surface area contributed by atoms with E-state index in [2.05, 4.69) is 15.9 Å². The summed E-state index contributed by atoms with van der Waals surface area (Å²) in [5.74, 6) is 1.26.